The van der Waals surface area contributed by atoms with Crippen molar-refractivity contribution in [1.82, 2.24) is 4.98 Å². The van der Waals surface area contributed by atoms with E-state index in [1.807, 2.05) is 13.0 Å². The average molecular weight is 268 g/mol. The van der Waals surface area contributed by atoms with Gasteiger partial charge >= 0.3 is 0 Å². The lowest BCUT2D eigenvalue weighted by Gasteiger charge is -2.11. The highest BCUT2D eigenvalue weighted by Gasteiger charge is 2.13. The van der Waals surface area contributed by atoms with Crippen molar-refractivity contribution in [2.24, 2.45) is 0 Å². The van der Waals surface area contributed by atoms with Crippen LogP contribution in [0.25, 0.3) is 10.9 Å². The van der Waals surface area contributed by atoms with E-state index in [9.17, 15) is 0 Å². The number of aromatic nitrogens is 1. The van der Waals surface area contributed by atoms with E-state index in [1.165, 1.54) is 0 Å². The fourth-order valence-electron chi connectivity index (χ4n) is 1.73. The van der Waals surface area contributed by atoms with Gasteiger partial charge in [-0.1, -0.05) is 11.6 Å². The lowest BCUT2D eigenvalue weighted by Crippen LogP contribution is -1.97. The molecule has 18 heavy (non-hydrogen) atoms. The first-order chi connectivity index (χ1) is 8.71. The number of pyridine rings is 1. The molecule has 0 bridgehead atoms. The molecule has 0 amide bonds. The minimum atomic E-state index is 0.454. The van der Waals surface area contributed by atoms with Crippen molar-refractivity contribution in [2.45, 2.75) is 6.92 Å². The van der Waals surface area contributed by atoms with E-state index in [-0.39, 0.29) is 0 Å². The summed E-state index contributed by atoms with van der Waals surface area (Å²) in [6, 6.07) is 5.39. The average Bonchev–Trinajstić information content (AvgIpc) is 2.39. The van der Waals surface area contributed by atoms with Crippen molar-refractivity contribution in [1.29, 1.82) is 0 Å². The minimum Gasteiger partial charge on any atom is -0.496 e. The summed E-state index contributed by atoms with van der Waals surface area (Å²) < 4.78 is 15.9. The first-order valence-electron chi connectivity index (χ1n) is 5.55. The van der Waals surface area contributed by atoms with Crippen molar-refractivity contribution < 1.29 is 14.2 Å². The number of methoxy groups -OCH3 is 2. The van der Waals surface area contributed by atoms with Crippen LogP contribution in [0.5, 0.6) is 17.4 Å². The Hall–Kier alpha value is -1.68. The van der Waals surface area contributed by atoms with Crippen LogP contribution < -0.4 is 14.2 Å². The molecule has 96 valence electrons. The van der Waals surface area contributed by atoms with Gasteiger partial charge in [0, 0.05) is 11.5 Å². The van der Waals surface area contributed by atoms with Gasteiger partial charge < -0.3 is 14.2 Å². The Morgan fingerprint density at radius 2 is 1.89 bits per heavy atom. The van der Waals surface area contributed by atoms with E-state index in [4.69, 9.17) is 25.8 Å². The van der Waals surface area contributed by atoms with Gasteiger partial charge in [-0.05, 0) is 19.1 Å². The maximum absolute atomic E-state index is 6.24. The fourth-order valence-corrected chi connectivity index (χ4v) is 2.02. The molecule has 0 unspecified atom stereocenters. The third kappa shape index (κ3) is 2.16. The number of ether oxygens (including phenoxy) is 3. The second kappa shape index (κ2) is 5.31. The Balaban J connectivity index is 2.71. The van der Waals surface area contributed by atoms with Crippen LogP contribution in [0.15, 0.2) is 18.2 Å². The molecule has 1 heterocycles. The molecule has 0 atom stereocenters. The number of nitrogens with zero attached hydrogens (tertiary/aromatic N) is 1. The summed E-state index contributed by atoms with van der Waals surface area (Å²) in [7, 11) is 3.17. The monoisotopic (exact) mass is 267 g/mol. The van der Waals surface area contributed by atoms with E-state index in [2.05, 4.69) is 4.98 Å². The molecular weight excluding hydrogens is 254 g/mol. The smallest absolute Gasteiger partial charge is 0.217 e. The molecule has 0 fully saturated rings. The Kier molecular flexibility index (Phi) is 3.77. The fraction of sp³-hybridized carbons (Fsp3) is 0.308. The molecule has 2 aromatic rings. The van der Waals surface area contributed by atoms with Crippen LogP contribution in [0, 0.1) is 0 Å². The van der Waals surface area contributed by atoms with Gasteiger partial charge in [-0.2, -0.15) is 0 Å². The summed E-state index contributed by atoms with van der Waals surface area (Å²) in [4.78, 5) is 4.37. The number of fused-ring (bicyclic) bond motifs is 1. The number of halogens is 1. The molecule has 0 N–H and O–H groups in total. The van der Waals surface area contributed by atoms with Crippen LogP contribution >= 0.6 is 11.6 Å². The molecule has 1 aromatic carbocycles. The highest BCUT2D eigenvalue weighted by Crippen LogP contribution is 2.37. The Morgan fingerprint density at radius 1 is 1.17 bits per heavy atom. The number of benzene rings is 1. The summed E-state index contributed by atoms with van der Waals surface area (Å²) in [6.07, 6.45) is 0. The quantitative estimate of drug-likeness (QED) is 0.852. The van der Waals surface area contributed by atoms with Gasteiger partial charge in [-0.3, -0.25) is 0 Å². The molecular formula is C13H14ClNO3. The largest absolute Gasteiger partial charge is 0.496 e. The molecule has 0 saturated heterocycles. The summed E-state index contributed by atoms with van der Waals surface area (Å²) >= 11 is 6.24. The number of rotatable bonds is 4. The van der Waals surface area contributed by atoms with Crippen molar-refractivity contribution in [3.63, 3.8) is 0 Å². The maximum atomic E-state index is 6.24. The zero-order chi connectivity index (χ0) is 13.1. The summed E-state index contributed by atoms with van der Waals surface area (Å²) in [6.45, 7) is 2.43. The third-order valence-corrected chi connectivity index (χ3v) is 2.92. The van der Waals surface area contributed by atoms with Crippen molar-refractivity contribution in [2.75, 3.05) is 20.8 Å². The van der Waals surface area contributed by atoms with E-state index in [0.717, 1.165) is 5.39 Å². The SMILES string of the molecule is CCOc1cc(OC)c2ccc(OC)c(Cl)c2n1. The molecule has 0 aliphatic rings. The summed E-state index contributed by atoms with van der Waals surface area (Å²) in [5, 5.41) is 1.28. The van der Waals surface area contributed by atoms with Crippen LogP contribution in [-0.4, -0.2) is 25.8 Å². The first kappa shape index (κ1) is 12.8. The van der Waals surface area contributed by atoms with E-state index < -0.39 is 0 Å². The first-order valence-corrected chi connectivity index (χ1v) is 5.93. The maximum Gasteiger partial charge on any atom is 0.217 e. The Labute approximate surface area is 110 Å². The van der Waals surface area contributed by atoms with Crippen LogP contribution in [0.1, 0.15) is 6.92 Å². The Morgan fingerprint density at radius 3 is 2.50 bits per heavy atom. The molecule has 0 spiro atoms. The molecule has 2 rings (SSSR count). The Bertz CT molecular complexity index is 572. The minimum absolute atomic E-state index is 0.454. The van der Waals surface area contributed by atoms with Gasteiger partial charge in [-0.25, -0.2) is 4.98 Å². The molecule has 0 aliphatic heterocycles. The highest BCUT2D eigenvalue weighted by molar-refractivity contribution is 6.36. The van der Waals surface area contributed by atoms with Gasteiger partial charge in [0.15, 0.2) is 0 Å². The molecule has 4 nitrogen and oxygen atoms in total. The van der Waals surface area contributed by atoms with Gasteiger partial charge in [0.05, 0.1) is 20.8 Å². The number of hydrogen-bond acceptors (Lipinski definition) is 4. The number of hydrogen-bond donors (Lipinski definition) is 0. The van der Waals surface area contributed by atoms with Crippen molar-refractivity contribution in [3.8, 4) is 17.4 Å². The normalized spacial score (nSPS) is 10.4. The van der Waals surface area contributed by atoms with Crippen LogP contribution in [0.2, 0.25) is 5.02 Å². The van der Waals surface area contributed by atoms with Gasteiger partial charge in [0.1, 0.15) is 22.0 Å². The van der Waals surface area contributed by atoms with Gasteiger partial charge in [0.25, 0.3) is 0 Å². The van der Waals surface area contributed by atoms with Crippen molar-refractivity contribution in [3.05, 3.63) is 23.2 Å². The van der Waals surface area contributed by atoms with Crippen LogP contribution in [-0.2, 0) is 0 Å². The van der Waals surface area contributed by atoms with E-state index >= 15 is 0 Å². The van der Waals surface area contributed by atoms with Crippen molar-refractivity contribution >= 4 is 22.5 Å². The summed E-state index contributed by atoms with van der Waals surface area (Å²) in [5.41, 5.74) is 0.610. The highest BCUT2D eigenvalue weighted by atomic mass is 35.5. The molecule has 5 heteroatoms. The molecule has 0 aliphatic carbocycles. The molecule has 0 radical (unpaired) electrons. The lowest BCUT2D eigenvalue weighted by atomic mass is 10.2. The van der Waals surface area contributed by atoms with Crippen LogP contribution in [0.4, 0.5) is 0 Å². The summed E-state index contributed by atoms with van der Waals surface area (Å²) in [5.74, 6) is 1.73. The zero-order valence-corrected chi connectivity index (χ0v) is 11.2. The van der Waals surface area contributed by atoms with Crippen LogP contribution in [0.3, 0.4) is 0 Å². The third-order valence-electron chi connectivity index (χ3n) is 2.55. The predicted molar refractivity (Wildman–Crippen MR) is 71.0 cm³/mol. The van der Waals surface area contributed by atoms with Gasteiger partial charge in [-0.15, -0.1) is 0 Å². The molecule has 1 aromatic heterocycles. The second-order valence-electron chi connectivity index (χ2n) is 3.57. The topological polar surface area (TPSA) is 40.6 Å². The van der Waals surface area contributed by atoms with E-state index in [0.29, 0.717) is 34.5 Å². The standard InChI is InChI=1S/C13H14ClNO3/c1-4-18-11-7-10(17-3)8-5-6-9(16-2)12(14)13(8)15-11/h5-7H,4H2,1-3H3. The lowest BCUT2D eigenvalue weighted by molar-refractivity contribution is 0.324. The van der Waals surface area contributed by atoms with Gasteiger partial charge in [0.2, 0.25) is 5.88 Å². The van der Waals surface area contributed by atoms with E-state index in [1.54, 1.807) is 26.4 Å². The molecule has 0 saturated carbocycles. The second-order valence-corrected chi connectivity index (χ2v) is 3.95. The predicted octanol–water partition coefficient (Wildman–Crippen LogP) is 3.30. The zero-order valence-electron chi connectivity index (χ0n) is 10.5.